The zero-order chi connectivity index (χ0) is 19.9. The fourth-order valence-electron chi connectivity index (χ4n) is 2.16. The maximum atomic E-state index is 12.4. The third-order valence-electron chi connectivity index (χ3n) is 3.76. The second-order valence-corrected chi connectivity index (χ2v) is 8.61. The molecular formula is C18H29NO6S. The van der Waals surface area contributed by atoms with Crippen LogP contribution in [-0.2, 0) is 26.2 Å². The molecule has 0 spiro atoms. The lowest BCUT2D eigenvalue weighted by Gasteiger charge is -2.25. The lowest BCUT2D eigenvalue weighted by molar-refractivity contribution is -0.135. The van der Waals surface area contributed by atoms with Gasteiger partial charge in [-0.25, -0.2) is 0 Å². The van der Waals surface area contributed by atoms with Crippen molar-refractivity contribution < 1.29 is 26.9 Å². The largest absolute Gasteiger partial charge is 0.493 e. The fourth-order valence-corrected chi connectivity index (χ4v) is 2.73. The molecule has 0 saturated carbocycles. The van der Waals surface area contributed by atoms with Gasteiger partial charge in [0, 0.05) is 26.1 Å². The highest BCUT2D eigenvalue weighted by molar-refractivity contribution is 7.87. The average Bonchev–Trinajstić information content (AvgIpc) is 2.57. The smallest absolute Gasteiger partial charge is 0.311 e. The van der Waals surface area contributed by atoms with E-state index in [0.29, 0.717) is 25.4 Å². The molecule has 0 aliphatic carbocycles. The summed E-state index contributed by atoms with van der Waals surface area (Å²) in [6.45, 7) is 7.93. The molecule has 1 aromatic rings. The number of hydrogen-bond donors (Lipinski definition) is 0. The van der Waals surface area contributed by atoms with Crippen LogP contribution in [-0.4, -0.2) is 51.8 Å². The Morgan fingerprint density at radius 1 is 1.12 bits per heavy atom. The van der Waals surface area contributed by atoms with Crippen molar-refractivity contribution in [1.82, 2.24) is 4.90 Å². The maximum absolute atomic E-state index is 12.4. The normalized spacial score (nSPS) is 11.7. The van der Waals surface area contributed by atoms with E-state index in [9.17, 15) is 13.2 Å². The topological polar surface area (TPSA) is 82.1 Å². The van der Waals surface area contributed by atoms with Crippen molar-refractivity contribution in [2.75, 3.05) is 27.4 Å². The Kier molecular flexibility index (Phi) is 8.36. The minimum atomic E-state index is -3.75. The molecule has 1 amide bonds. The monoisotopic (exact) mass is 387 g/mol. The lowest BCUT2D eigenvalue weighted by atomic mass is 10.1. The van der Waals surface area contributed by atoms with Crippen LogP contribution in [0.4, 0.5) is 0 Å². The van der Waals surface area contributed by atoms with Crippen molar-refractivity contribution in [1.29, 1.82) is 0 Å². The standard InChI is InChI=1S/C18H29NO6S/c1-13(2)18(20)19(9-10-23-5)12-15-7-8-16(24-6)17(11-15)25-26(21,22)14(3)4/h7-8,11,13-14H,9-10,12H2,1-6H3. The molecule has 0 radical (unpaired) electrons. The fraction of sp³-hybridized carbons (Fsp3) is 0.611. The highest BCUT2D eigenvalue weighted by atomic mass is 32.2. The molecule has 1 rings (SSSR count). The van der Waals surface area contributed by atoms with Gasteiger partial charge in [0.1, 0.15) is 0 Å². The minimum absolute atomic E-state index is 0.00450. The number of rotatable bonds is 10. The van der Waals surface area contributed by atoms with Crippen molar-refractivity contribution in [2.24, 2.45) is 5.92 Å². The van der Waals surface area contributed by atoms with Crippen LogP contribution < -0.4 is 8.92 Å². The molecule has 7 nitrogen and oxygen atoms in total. The van der Waals surface area contributed by atoms with Gasteiger partial charge >= 0.3 is 10.1 Å². The van der Waals surface area contributed by atoms with E-state index in [4.69, 9.17) is 13.7 Å². The molecule has 0 unspecified atom stereocenters. The summed E-state index contributed by atoms with van der Waals surface area (Å²) >= 11 is 0. The van der Waals surface area contributed by atoms with Gasteiger partial charge in [0.25, 0.3) is 0 Å². The zero-order valence-electron chi connectivity index (χ0n) is 16.3. The maximum Gasteiger partial charge on any atom is 0.311 e. The molecule has 0 aliphatic heterocycles. The zero-order valence-corrected chi connectivity index (χ0v) is 17.1. The number of nitrogens with zero attached hydrogens (tertiary/aromatic N) is 1. The summed E-state index contributed by atoms with van der Waals surface area (Å²) in [7, 11) is -0.735. The second-order valence-electron chi connectivity index (χ2n) is 6.52. The van der Waals surface area contributed by atoms with Crippen LogP contribution in [0.25, 0.3) is 0 Å². The first-order valence-corrected chi connectivity index (χ1v) is 9.97. The van der Waals surface area contributed by atoms with Crippen molar-refractivity contribution in [3.05, 3.63) is 23.8 Å². The molecule has 0 saturated heterocycles. The molecule has 1 aromatic carbocycles. The van der Waals surface area contributed by atoms with Crippen LogP contribution in [0, 0.1) is 5.92 Å². The molecule has 0 aliphatic rings. The molecule has 0 heterocycles. The van der Waals surface area contributed by atoms with E-state index >= 15 is 0 Å². The summed E-state index contributed by atoms with van der Waals surface area (Å²) in [6, 6.07) is 5.00. The first-order valence-electron chi connectivity index (χ1n) is 8.50. The molecule has 26 heavy (non-hydrogen) atoms. The molecule has 8 heteroatoms. The first-order chi connectivity index (χ1) is 12.1. The van der Waals surface area contributed by atoms with Crippen molar-refractivity contribution in [2.45, 2.75) is 39.5 Å². The third-order valence-corrected chi connectivity index (χ3v) is 5.32. The predicted octanol–water partition coefficient (Wildman–Crippen LogP) is 2.44. The summed E-state index contributed by atoms with van der Waals surface area (Å²) < 4.78 is 39.6. The van der Waals surface area contributed by atoms with E-state index in [0.717, 1.165) is 5.56 Å². The SMILES string of the molecule is COCCN(Cc1ccc(OC)c(OS(=O)(=O)C(C)C)c1)C(=O)C(C)C. The van der Waals surface area contributed by atoms with Crippen LogP contribution in [0.1, 0.15) is 33.3 Å². The van der Waals surface area contributed by atoms with Crippen LogP contribution in [0.15, 0.2) is 18.2 Å². The Labute approximate surface area is 156 Å². The highest BCUT2D eigenvalue weighted by Crippen LogP contribution is 2.30. The molecule has 0 atom stereocenters. The Morgan fingerprint density at radius 3 is 2.27 bits per heavy atom. The van der Waals surface area contributed by atoms with Gasteiger partial charge in [0.05, 0.1) is 19.0 Å². The third kappa shape index (κ3) is 6.17. The van der Waals surface area contributed by atoms with E-state index in [2.05, 4.69) is 0 Å². The van der Waals surface area contributed by atoms with Crippen molar-refractivity contribution >= 4 is 16.0 Å². The Bertz CT molecular complexity index is 700. The number of benzene rings is 1. The van der Waals surface area contributed by atoms with Crippen molar-refractivity contribution in [3.63, 3.8) is 0 Å². The highest BCUT2D eigenvalue weighted by Gasteiger charge is 2.22. The predicted molar refractivity (Wildman–Crippen MR) is 99.8 cm³/mol. The van der Waals surface area contributed by atoms with Gasteiger partial charge in [0.15, 0.2) is 11.5 Å². The Hall–Kier alpha value is -1.80. The van der Waals surface area contributed by atoms with Crippen LogP contribution in [0.3, 0.4) is 0 Å². The quantitative estimate of drug-likeness (QED) is 0.574. The summed E-state index contributed by atoms with van der Waals surface area (Å²) in [6.07, 6.45) is 0. The minimum Gasteiger partial charge on any atom is -0.493 e. The van der Waals surface area contributed by atoms with Gasteiger partial charge in [-0.2, -0.15) is 8.42 Å². The average molecular weight is 387 g/mol. The summed E-state index contributed by atoms with van der Waals surface area (Å²) in [5, 5.41) is -0.684. The summed E-state index contributed by atoms with van der Waals surface area (Å²) in [4.78, 5) is 14.1. The number of hydrogen-bond acceptors (Lipinski definition) is 6. The van der Waals surface area contributed by atoms with Gasteiger partial charge in [-0.1, -0.05) is 19.9 Å². The van der Waals surface area contributed by atoms with Crippen LogP contribution in [0.2, 0.25) is 0 Å². The molecule has 0 N–H and O–H groups in total. The molecule has 0 aromatic heterocycles. The number of carbonyl (C=O) groups excluding carboxylic acids is 1. The molecular weight excluding hydrogens is 358 g/mol. The number of amides is 1. The summed E-state index contributed by atoms with van der Waals surface area (Å²) in [5.74, 6) is 0.274. The second kappa shape index (κ2) is 9.78. The van der Waals surface area contributed by atoms with Gasteiger partial charge in [-0.3, -0.25) is 4.79 Å². The lowest BCUT2D eigenvalue weighted by Crippen LogP contribution is -2.36. The van der Waals surface area contributed by atoms with E-state index in [1.54, 1.807) is 44.1 Å². The number of ether oxygens (including phenoxy) is 2. The molecule has 148 valence electrons. The van der Waals surface area contributed by atoms with E-state index < -0.39 is 15.4 Å². The van der Waals surface area contributed by atoms with E-state index in [1.807, 2.05) is 13.8 Å². The van der Waals surface area contributed by atoms with Gasteiger partial charge in [-0.15, -0.1) is 0 Å². The molecule has 0 fully saturated rings. The summed E-state index contributed by atoms with van der Waals surface area (Å²) in [5.41, 5.74) is 0.741. The number of methoxy groups -OCH3 is 2. The van der Waals surface area contributed by atoms with E-state index in [1.165, 1.54) is 7.11 Å². The van der Waals surface area contributed by atoms with E-state index in [-0.39, 0.29) is 17.6 Å². The van der Waals surface area contributed by atoms with Crippen LogP contribution in [0.5, 0.6) is 11.5 Å². The van der Waals surface area contributed by atoms with Crippen LogP contribution >= 0.6 is 0 Å². The first kappa shape index (κ1) is 22.2. The molecule has 0 bridgehead atoms. The van der Waals surface area contributed by atoms with Gasteiger partial charge in [0.2, 0.25) is 5.91 Å². The number of carbonyl (C=O) groups is 1. The Morgan fingerprint density at radius 2 is 1.77 bits per heavy atom. The van der Waals surface area contributed by atoms with Gasteiger partial charge in [-0.05, 0) is 31.5 Å². The Balaban J connectivity index is 3.12. The van der Waals surface area contributed by atoms with Gasteiger partial charge < -0.3 is 18.6 Å². The van der Waals surface area contributed by atoms with Crippen molar-refractivity contribution in [3.8, 4) is 11.5 Å².